The molecule has 30 atom stereocenters. The van der Waals surface area contributed by atoms with Crippen molar-refractivity contribution in [3.63, 3.8) is 0 Å². The van der Waals surface area contributed by atoms with Crippen LogP contribution in [-0.4, -0.2) is 318 Å². The van der Waals surface area contributed by atoms with Crippen LogP contribution in [0.25, 0.3) is 0 Å². The van der Waals surface area contributed by atoms with E-state index in [0.29, 0.717) is 18.7 Å². The summed E-state index contributed by atoms with van der Waals surface area (Å²) in [6, 6.07) is 6.67. The first kappa shape index (κ1) is 65.9. The third kappa shape index (κ3) is 15.3. The van der Waals surface area contributed by atoms with Crippen molar-refractivity contribution in [1.29, 1.82) is 0 Å². The van der Waals surface area contributed by atoms with Crippen LogP contribution in [-0.2, 0) is 61.6 Å². The fourth-order valence-electron chi connectivity index (χ4n) is 10.3. The zero-order valence-corrected chi connectivity index (χ0v) is 44.2. The van der Waals surface area contributed by atoms with Gasteiger partial charge in [0, 0.05) is 13.5 Å². The Morgan fingerprint density at radius 2 is 0.938 bits per heavy atom. The normalized spacial score (nSPS) is 46.0. The number of hydrogen-bond acceptors (Lipinski definition) is 31. The summed E-state index contributed by atoms with van der Waals surface area (Å²) in [7, 11) is 0. The molecule has 0 bridgehead atoms. The van der Waals surface area contributed by atoms with Crippen LogP contribution in [0.3, 0.4) is 0 Å². The number of hydrogen-bond donors (Lipinski definition) is 18. The summed E-state index contributed by atoms with van der Waals surface area (Å²) in [4.78, 5) is 12.9. The summed E-state index contributed by atoms with van der Waals surface area (Å²) in [5.41, 5.74) is 5.58. The molecular formula is C49H80N2O30. The van der Waals surface area contributed by atoms with E-state index in [2.05, 4.69) is 5.32 Å². The van der Waals surface area contributed by atoms with Gasteiger partial charge in [-0.2, -0.15) is 0 Å². The smallest absolute Gasteiger partial charge is 0.217 e. The zero-order valence-electron chi connectivity index (χ0n) is 44.2. The molecule has 6 saturated heterocycles. The lowest BCUT2D eigenvalue weighted by atomic mass is 9.94. The third-order valence-electron chi connectivity index (χ3n) is 14.9. The van der Waals surface area contributed by atoms with Crippen LogP contribution in [0.1, 0.15) is 33.1 Å². The maximum Gasteiger partial charge on any atom is 0.217 e. The number of benzene rings is 1. The van der Waals surface area contributed by atoms with Crippen LogP contribution in [0, 0.1) is 0 Å². The van der Waals surface area contributed by atoms with Gasteiger partial charge in [0.25, 0.3) is 0 Å². The lowest BCUT2D eigenvalue weighted by molar-refractivity contribution is -0.393. The molecule has 466 valence electrons. The van der Waals surface area contributed by atoms with Gasteiger partial charge in [-0.15, -0.1) is 0 Å². The highest BCUT2D eigenvalue weighted by Crippen LogP contribution is 2.37. The van der Waals surface area contributed by atoms with Crippen molar-refractivity contribution < 1.29 is 148 Å². The Hall–Kier alpha value is -2.67. The van der Waals surface area contributed by atoms with Gasteiger partial charge < -0.3 is 154 Å². The van der Waals surface area contributed by atoms with E-state index in [4.69, 9.17) is 67.3 Å². The first-order valence-electron chi connectivity index (χ1n) is 26.7. The number of carbonyl (C=O) groups is 1. The van der Waals surface area contributed by atoms with E-state index in [0.717, 1.165) is 19.8 Å². The molecule has 0 radical (unpaired) electrons. The molecule has 12 unspecified atom stereocenters. The third-order valence-corrected chi connectivity index (χ3v) is 14.9. The van der Waals surface area contributed by atoms with Crippen LogP contribution in [0.2, 0.25) is 0 Å². The molecule has 6 aliphatic heterocycles. The predicted octanol–water partition coefficient (Wildman–Crippen LogP) is -9.69. The number of amides is 1. The van der Waals surface area contributed by atoms with Gasteiger partial charge in [0.2, 0.25) is 5.91 Å². The van der Waals surface area contributed by atoms with Gasteiger partial charge in [-0.05, 0) is 44.9 Å². The van der Waals surface area contributed by atoms with Gasteiger partial charge in [-0.25, -0.2) is 0 Å². The first-order valence-corrected chi connectivity index (χ1v) is 26.7. The quantitative estimate of drug-likeness (QED) is 0.0427. The Morgan fingerprint density at radius 3 is 1.56 bits per heavy atom. The molecule has 81 heavy (non-hydrogen) atoms. The molecule has 0 aromatic heterocycles. The molecule has 1 amide bonds. The number of rotatable bonds is 24. The number of nitrogens with two attached hydrogens (primary N) is 1. The molecule has 6 heterocycles. The summed E-state index contributed by atoms with van der Waals surface area (Å²) < 4.78 is 76.4. The number of nitrogens with one attached hydrogen (secondary N) is 1. The number of ether oxygens (including phenoxy) is 13. The SMILES string of the molecule is CC(=O)NC1[C@H](O[C@@H]2C(O)[C@@H](O[C@H]3C(CO)O[C@@H](O[C@@H]4C(COc5ccccc5)O[C@@H](OCCCCCN)C(O)[C@H]4O)C(O)[C@H]3O)OC(CO)[C@@H]2O)OC(CO)[C@H](O)[C@@H]1O[C@@H]1OC(CO)[C@H](O)[C@H](O)C1O[C@@H]1OC(C)[C@@H](O)[C@H](O)C1O. The highest BCUT2D eigenvalue weighted by atomic mass is 16.8. The molecule has 19 N–H and O–H groups in total. The fourth-order valence-corrected chi connectivity index (χ4v) is 10.3. The highest BCUT2D eigenvalue weighted by molar-refractivity contribution is 5.73. The van der Waals surface area contributed by atoms with Gasteiger partial charge in [0.05, 0.1) is 32.5 Å². The maximum absolute atomic E-state index is 12.9. The Kier molecular flexibility index (Phi) is 24.5. The van der Waals surface area contributed by atoms with Crippen molar-refractivity contribution in [3.8, 4) is 5.75 Å². The molecule has 0 aliphatic carbocycles. The lowest BCUT2D eigenvalue weighted by Gasteiger charge is -2.51. The Morgan fingerprint density at radius 1 is 0.469 bits per heavy atom. The van der Waals surface area contributed by atoms with Crippen molar-refractivity contribution in [2.24, 2.45) is 5.73 Å². The minimum atomic E-state index is -2.21. The summed E-state index contributed by atoms with van der Waals surface area (Å²) >= 11 is 0. The highest BCUT2D eigenvalue weighted by Gasteiger charge is 2.58. The van der Waals surface area contributed by atoms with E-state index in [1.807, 2.05) is 0 Å². The monoisotopic (exact) mass is 1180 g/mol. The molecule has 0 saturated carbocycles. The Balaban J connectivity index is 1.08. The van der Waals surface area contributed by atoms with E-state index >= 15 is 0 Å². The molecule has 1 aromatic carbocycles. The predicted molar refractivity (Wildman–Crippen MR) is 261 cm³/mol. The van der Waals surface area contributed by atoms with E-state index in [1.54, 1.807) is 30.3 Å². The van der Waals surface area contributed by atoms with Crippen molar-refractivity contribution in [1.82, 2.24) is 5.32 Å². The first-order chi connectivity index (χ1) is 38.7. The standard InChI is InChI=1S/C49H80N2O30/c1-18-27(57)31(61)35(65)46(71-18)81-43-32(62)28(58)21(13-52)74-49(43)79-41-26(51-19(2)56)44(72-22(14-53)29(41)59)80-42-30(60)23(15-54)73-48(38(42)68)77-39-24(16-55)75-47(37(67)34(39)64)78-40-25(17-70-20-9-5-3-6-10-20)76-45(36(66)33(40)63)69-12-8-4-7-11-50/h3,5-6,9-10,18,21-49,52-55,57-68H,4,7-8,11-17,50H2,1-2H3,(H,51,56)/t18?,21?,22?,23?,24?,25?,26?,27-,28+,29+,30+,31+,32+,33-,34-,35?,36?,37?,38?,39+,40-,41-,42+,43?,44+,45-,46+,47+,48-,49+/m1/s1. The summed E-state index contributed by atoms with van der Waals surface area (Å²) in [5, 5.41) is 178. The average Bonchev–Trinajstić information content (AvgIpc) is 3.53. The second-order valence-corrected chi connectivity index (χ2v) is 20.6. The minimum Gasteiger partial charge on any atom is -0.491 e. The van der Waals surface area contributed by atoms with Crippen molar-refractivity contribution in [3.05, 3.63) is 30.3 Å². The number of aliphatic hydroxyl groups excluding tert-OH is 16. The molecule has 32 nitrogen and oxygen atoms in total. The van der Waals surface area contributed by atoms with Gasteiger partial charge >= 0.3 is 0 Å². The maximum atomic E-state index is 12.9. The van der Waals surface area contributed by atoms with Crippen molar-refractivity contribution in [2.45, 2.75) is 217 Å². The van der Waals surface area contributed by atoms with Gasteiger partial charge in [0.1, 0.15) is 153 Å². The number of unbranched alkanes of at least 4 members (excludes halogenated alkanes) is 2. The minimum absolute atomic E-state index is 0.133. The second-order valence-electron chi connectivity index (χ2n) is 20.6. The van der Waals surface area contributed by atoms with Crippen LogP contribution in [0.15, 0.2) is 30.3 Å². The summed E-state index contributed by atoms with van der Waals surface area (Å²) in [6.45, 7) is -1.32. The zero-order chi connectivity index (χ0) is 59.0. The van der Waals surface area contributed by atoms with Crippen LogP contribution >= 0.6 is 0 Å². The molecule has 7 rings (SSSR count). The van der Waals surface area contributed by atoms with E-state index in [9.17, 15) is 86.5 Å². The number of carbonyl (C=O) groups excluding carboxylic acids is 1. The number of para-hydroxylation sites is 1. The summed E-state index contributed by atoms with van der Waals surface area (Å²) in [5.74, 6) is -0.460. The topological polar surface area (TPSA) is 499 Å². The fraction of sp³-hybridized carbons (Fsp3) is 0.857. The van der Waals surface area contributed by atoms with E-state index in [-0.39, 0.29) is 13.2 Å². The van der Waals surface area contributed by atoms with Crippen LogP contribution in [0.5, 0.6) is 5.75 Å². The Bertz CT molecular complexity index is 2030. The molecule has 0 spiro atoms. The summed E-state index contributed by atoms with van der Waals surface area (Å²) in [6.07, 6.45) is -50.8. The van der Waals surface area contributed by atoms with Crippen molar-refractivity contribution >= 4 is 5.91 Å². The lowest BCUT2D eigenvalue weighted by Crippen LogP contribution is -2.70. The Labute approximate surface area is 463 Å². The average molecular weight is 1180 g/mol. The van der Waals surface area contributed by atoms with Crippen molar-refractivity contribution in [2.75, 3.05) is 46.2 Å². The largest absolute Gasteiger partial charge is 0.491 e. The molecule has 6 aliphatic rings. The van der Waals surface area contributed by atoms with E-state index in [1.165, 1.54) is 6.92 Å². The van der Waals surface area contributed by atoms with Crippen LogP contribution < -0.4 is 15.8 Å². The van der Waals surface area contributed by atoms with Crippen LogP contribution in [0.4, 0.5) is 0 Å². The molecule has 1 aromatic rings. The van der Waals surface area contributed by atoms with Gasteiger partial charge in [0.15, 0.2) is 37.7 Å². The molecule has 6 fully saturated rings. The van der Waals surface area contributed by atoms with E-state index < -0.39 is 217 Å². The molecular weight excluding hydrogens is 1100 g/mol. The van der Waals surface area contributed by atoms with Gasteiger partial charge in [-0.3, -0.25) is 4.79 Å². The van der Waals surface area contributed by atoms with Gasteiger partial charge in [-0.1, -0.05) is 18.2 Å². The molecule has 32 heteroatoms. The second kappa shape index (κ2) is 30.1. The number of aliphatic hydroxyl groups is 16.